The van der Waals surface area contributed by atoms with Crippen molar-refractivity contribution in [3.63, 3.8) is 0 Å². The molecule has 0 aliphatic carbocycles. The number of rotatable bonds is 9. The van der Waals surface area contributed by atoms with E-state index in [4.69, 9.17) is 9.47 Å². The van der Waals surface area contributed by atoms with Gasteiger partial charge < -0.3 is 24.7 Å². The van der Waals surface area contributed by atoms with Gasteiger partial charge in [0, 0.05) is 30.5 Å². The first kappa shape index (κ1) is 24.5. The van der Waals surface area contributed by atoms with Gasteiger partial charge in [-0.2, -0.15) is 0 Å². The third-order valence-corrected chi connectivity index (χ3v) is 4.70. The Bertz CT molecular complexity index is 769. The number of benzene rings is 1. The van der Waals surface area contributed by atoms with Crippen molar-refractivity contribution in [3.05, 3.63) is 34.3 Å². The van der Waals surface area contributed by atoms with Crippen molar-refractivity contribution < 1.29 is 9.47 Å². The smallest absolute Gasteiger partial charge is 0.191 e. The highest BCUT2D eigenvalue weighted by molar-refractivity contribution is 14.0. The number of aryl methyl sites for hydroxylation is 1. The lowest BCUT2D eigenvalue weighted by atomic mass is 10.2. The molecule has 0 aliphatic heterocycles. The molecular formula is C18H28BrIN6O2. The summed E-state index contributed by atoms with van der Waals surface area (Å²) in [6, 6.07) is 3.82. The van der Waals surface area contributed by atoms with Gasteiger partial charge in [0.05, 0.1) is 20.8 Å². The molecule has 8 nitrogen and oxygen atoms in total. The van der Waals surface area contributed by atoms with Gasteiger partial charge in [-0.15, -0.1) is 34.2 Å². The minimum absolute atomic E-state index is 0. The summed E-state index contributed by atoms with van der Waals surface area (Å²) < 4.78 is 13.7. The highest BCUT2D eigenvalue weighted by Gasteiger charge is 2.10. The Labute approximate surface area is 191 Å². The number of nitrogens with one attached hydrogen (secondary N) is 2. The van der Waals surface area contributed by atoms with E-state index >= 15 is 0 Å². The molecule has 0 bridgehead atoms. The first-order chi connectivity index (χ1) is 13.1. The molecule has 10 heteroatoms. The molecule has 0 fully saturated rings. The zero-order valence-corrected chi connectivity index (χ0v) is 20.6. The largest absolute Gasteiger partial charge is 0.493 e. The van der Waals surface area contributed by atoms with Crippen LogP contribution in [0, 0.1) is 0 Å². The Hall–Kier alpha value is -1.56. The van der Waals surface area contributed by atoms with Crippen LogP contribution in [0.2, 0.25) is 0 Å². The molecule has 2 N–H and O–H groups in total. The van der Waals surface area contributed by atoms with E-state index < -0.39 is 0 Å². The van der Waals surface area contributed by atoms with Crippen molar-refractivity contribution in [2.24, 2.45) is 4.99 Å². The number of hydrogen-bond donors (Lipinski definition) is 2. The second kappa shape index (κ2) is 12.8. The number of nitrogens with zero attached hydrogens (tertiary/aromatic N) is 4. The molecule has 28 heavy (non-hydrogen) atoms. The molecule has 0 saturated carbocycles. The molecular weight excluding hydrogens is 539 g/mol. The summed E-state index contributed by atoms with van der Waals surface area (Å²) in [4.78, 5) is 4.66. The van der Waals surface area contributed by atoms with Crippen molar-refractivity contribution in [1.82, 2.24) is 25.4 Å². The highest BCUT2D eigenvalue weighted by Crippen LogP contribution is 2.33. The fourth-order valence-electron chi connectivity index (χ4n) is 2.56. The Morgan fingerprint density at radius 2 is 1.89 bits per heavy atom. The van der Waals surface area contributed by atoms with E-state index in [1.807, 2.05) is 23.6 Å². The van der Waals surface area contributed by atoms with Gasteiger partial charge >= 0.3 is 0 Å². The van der Waals surface area contributed by atoms with Crippen molar-refractivity contribution in [3.8, 4) is 11.5 Å². The third-order valence-electron chi connectivity index (χ3n) is 3.96. The van der Waals surface area contributed by atoms with E-state index in [1.54, 1.807) is 20.5 Å². The summed E-state index contributed by atoms with van der Waals surface area (Å²) in [5.74, 6) is 3.10. The summed E-state index contributed by atoms with van der Waals surface area (Å²) in [5.41, 5.74) is 1.01. The molecule has 0 unspecified atom stereocenters. The standard InChI is InChI=1S/C18H27BrN6O2.HI/c1-5-17-24-23-12-25(17)8-7-21-18(20-6-2)22-11-13-9-15(26-3)16(27-4)10-14(13)19;/h9-10,12H,5-8,11H2,1-4H3,(H2,20,21,22);1H. The molecule has 0 aliphatic rings. The van der Waals surface area contributed by atoms with Gasteiger partial charge in [-0.25, -0.2) is 4.99 Å². The van der Waals surface area contributed by atoms with Gasteiger partial charge in [-0.1, -0.05) is 22.9 Å². The summed E-state index contributed by atoms with van der Waals surface area (Å²) in [7, 11) is 3.25. The van der Waals surface area contributed by atoms with E-state index in [-0.39, 0.29) is 24.0 Å². The molecule has 1 aromatic carbocycles. The normalized spacial score (nSPS) is 11.0. The minimum atomic E-state index is 0. The van der Waals surface area contributed by atoms with Crippen LogP contribution >= 0.6 is 39.9 Å². The van der Waals surface area contributed by atoms with E-state index in [2.05, 4.69) is 48.7 Å². The quantitative estimate of drug-likeness (QED) is 0.276. The maximum Gasteiger partial charge on any atom is 0.191 e. The zero-order chi connectivity index (χ0) is 19.6. The second-order valence-corrected chi connectivity index (χ2v) is 6.57. The molecule has 0 saturated heterocycles. The van der Waals surface area contributed by atoms with E-state index in [1.165, 1.54) is 0 Å². The van der Waals surface area contributed by atoms with Crippen molar-refractivity contribution in [1.29, 1.82) is 0 Å². The monoisotopic (exact) mass is 566 g/mol. The lowest BCUT2D eigenvalue weighted by Crippen LogP contribution is -2.38. The van der Waals surface area contributed by atoms with Crippen molar-refractivity contribution in [2.75, 3.05) is 27.3 Å². The maximum absolute atomic E-state index is 5.37. The number of halogens is 2. The Morgan fingerprint density at radius 3 is 2.54 bits per heavy atom. The van der Waals surface area contributed by atoms with E-state index in [9.17, 15) is 0 Å². The Morgan fingerprint density at radius 1 is 1.18 bits per heavy atom. The fourth-order valence-corrected chi connectivity index (χ4v) is 3.01. The number of ether oxygens (including phenoxy) is 2. The first-order valence-electron chi connectivity index (χ1n) is 8.92. The maximum atomic E-state index is 5.37. The van der Waals surface area contributed by atoms with Gasteiger partial charge in [0.15, 0.2) is 17.5 Å². The molecule has 0 atom stereocenters. The van der Waals surface area contributed by atoms with Crippen LogP contribution in [0.5, 0.6) is 11.5 Å². The number of aliphatic imine (C=N–C) groups is 1. The molecule has 0 radical (unpaired) electrons. The van der Waals surface area contributed by atoms with Gasteiger partial charge in [0.1, 0.15) is 12.2 Å². The molecule has 2 rings (SSSR count). The van der Waals surface area contributed by atoms with Crippen LogP contribution < -0.4 is 20.1 Å². The van der Waals surface area contributed by atoms with Gasteiger partial charge in [-0.3, -0.25) is 0 Å². The lowest BCUT2D eigenvalue weighted by Gasteiger charge is -2.13. The van der Waals surface area contributed by atoms with Crippen molar-refractivity contribution in [2.45, 2.75) is 33.4 Å². The van der Waals surface area contributed by atoms with E-state index in [0.717, 1.165) is 47.9 Å². The number of aromatic nitrogens is 3. The van der Waals surface area contributed by atoms with Crippen LogP contribution in [-0.4, -0.2) is 48.0 Å². The Balaban J connectivity index is 0.00000392. The predicted molar refractivity (Wildman–Crippen MR) is 125 cm³/mol. The molecule has 156 valence electrons. The second-order valence-electron chi connectivity index (χ2n) is 5.71. The highest BCUT2D eigenvalue weighted by atomic mass is 127. The summed E-state index contributed by atoms with van der Waals surface area (Å²) in [5, 5.41) is 14.7. The SMILES string of the molecule is CCNC(=NCc1cc(OC)c(OC)cc1Br)NCCn1cnnc1CC.I. The molecule has 2 aromatic rings. The summed E-state index contributed by atoms with van der Waals surface area (Å²) >= 11 is 3.57. The van der Waals surface area contributed by atoms with Crippen LogP contribution in [-0.2, 0) is 19.5 Å². The molecule has 0 amide bonds. The van der Waals surface area contributed by atoms with Crippen LogP contribution in [0.4, 0.5) is 0 Å². The molecule has 1 aromatic heterocycles. The minimum Gasteiger partial charge on any atom is -0.493 e. The zero-order valence-electron chi connectivity index (χ0n) is 16.7. The average Bonchev–Trinajstić information content (AvgIpc) is 3.14. The predicted octanol–water partition coefficient (Wildman–Crippen LogP) is 2.99. The molecule has 0 spiro atoms. The topological polar surface area (TPSA) is 85.6 Å². The molecule has 1 heterocycles. The van der Waals surface area contributed by atoms with Crippen LogP contribution in [0.25, 0.3) is 0 Å². The van der Waals surface area contributed by atoms with Gasteiger partial charge in [0.25, 0.3) is 0 Å². The summed E-state index contributed by atoms with van der Waals surface area (Å²) in [6.45, 7) is 6.90. The average molecular weight is 567 g/mol. The third kappa shape index (κ3) is 6.80. The first-order valence-corrected chi connectivity index (χ1v) is 9.71. The number of guanidine groups is 1. The lowest BCUT2D eigenvalue weighted by molar-refractivity contribution is 0.354. The van der Waals surface area contributed by atoms with Crippen LogP contribution in [0.1, 0.15) is 25.2 Å². The van der Waals surface area contributed by atoms with Crippen LogP contribution in [0.3, 0.4) is 0 Å². The summed E-state index contributed by atoms with van der Waals surface area (Å²) in [6.07, 6.45) is 2.62. The van der Waals surface area contributed by atoms with Crippen LogP contribution in [0.15, 0.2) is 27.9 Å². The number of methoxy groups -OCH3 is 2. The fraction of sp³-hybridized carbons (Fsp3) is 0.500. The Kier molecular flexibility index (Phi) is 11.2. The van der Waals surface area contributed by atoms with Gasteiger partial charge in [0.2, 0.25) is 0 Å². The van der Waals surface area contributed by atoms with E-state index in [0.29, 0.717) is 18.0 Å². The number of hydrogen-bond acceptors (Lipinski definition) is 5. The van der Waals surface area contributed by atoms with Gasteiger partial charge in [-0.05, 0) is 24.6 Å². The van der Waals surface area contributed by atoms with Crippen molar-refractivity contribution >= 4 is 45.9 Å².